The number of amides is 1. The molecule has 5 aromatic rings. The summed E-state index contributed by atoms with van der Waals surface area (Å²) in [7, 11) is 4.92. The first kappa shape index (κ1) is 36.4. The fourth-order valence-corrected chi connectivity index (χ4v) is 6.38. The molecule has 0 spiro atoms. The van der Waals surface area contributed by atoms with Gasteiger partial charge in [0.25, 0.3) is 0 Å². The van der Waals surface area contributed by atoms with Crippen molar-refractivity contribution in [3.63, 3.8) is 0 Å². The Labute approximate surface area is 305 Å². The number of aryl methyl sites for hydroxylation is 1. The fourth-order valence-electron chi connectivity index (χ4n) is 6.38. The molecule has 2 heterocycles. The number of hydrogen-bond donors (Lipinski definition) is 1. The summed E-state index contributed by atoms with van der Waals surface area (Å²) in [6.07, 6.45) is 2.80. The van der Waals surface area contributed by atoms with Gasteiger partial charge in [0.15, 0.2) is 0 Å². The van der Waals surface area contributed by atoms with Crippen LogP contribution in [0.4, 0.5) is 16.4 Å². The van der Waals surface area contributed by atoms with Crippen LogP contribution in [-0.2, 0) is 22.6 Å². The summed E-state index contributed by atoms with van der Waals surface area (Å²) in [6, 6.07) is 21.7. The normalized spacial score (nSPS) is 15.5. The van der Waals surface area contributed by atoms with E-state index in [0.29, 0.717) is 46.3 Å². The number of ether oxygens (including phenoxy) is 5. The minimum absolute atomic E-state index is 0.105. The molecule has 52 heavy (non-hydrogen) atoms. The summed E-state index contributed by atoms with van der Waals surface area (Å²) in [6.45, 7) is 10.1. The summed E-state index contributed by atoms with van der Waals surface area (Å²) in [4.78, 5) is 30.4. The van der Waals surface area contributed by atoms with Crippen molar-refractivity contribution in [3.8, 4) is 28.5 Å². The average Bonchev–Trinajstić information content (AvgIpc) is 3.11. The zero-order valence-corrected chi connectivity index (χ0v) is 31.1. The average molecular weight is 706 g/mol. The van der Waals surface area contributed by atoms with Gasteiger partial charge in [-0.05, 0) is 82.9 Å². The van der Waals surface area contributed by atoms with Crippen LogP contribution in [0.1, 0.15) is 55.9 Å². The third kappa shape index (κ3) is 8.05. The van der Waals surface area contributed by atoms with Gasteiger partial charge in [0.05, 0.1) is 32.6 Å². The molecule has 0 saturated heterocycles. The summed E-state index contributed by atoms with van der Waals surface area (Å²) in [5.41, 5.74) is 5.11. The van der Waals surface area contributed by atoms with Gasteiger partial charge in [-0.1, -0.05) is 36.4 Å². The number of fused-ring (bicyclic) bond motifs is 1. The van der Waals surface area contributed by atoms with Gasteiger partial charge < -0.3 is 29.0 Å². The van der Waals surface area contributed by atoms with Gasteiger partial charge >= 0.3 is 6.09 Å². The van der Waals surface area contributed by atoms with Gasteiger partial charge in [0, 0.05) is 41.3 Å². The molecular formula is C41H47N5O6. The van der Waals surface area contributed by atoms with Crippen LogP contribution in [0.3, 0.4) is 0 Å². The number of benzene rings is 3. The van der Waals surface area contributed by atoms with Gasteiger partial charge in [0.1, 0.15) is 52.9 Å². The Bertz CT molecular complexity index is 2040. The van der Waals surface area contributed by atoms with Gasteiger partial charge in [-0.3, -0.25) is 4.90 Å². The maximum Gasteiger partial charge on any atom is 0.416 e. The van der Waals surface area contributed by atoms with Crippen LogP contribution < -0.4 is 24.4 Å². The lowest BCUT2D eigenvalue weighted by Gasteiger charge is -2.35. The van der Waals surface area contributed by atoms with Crippen molar-refractivity contribution in [3.05, 3.63) is 95.3 Å². The highest BCUT2D eigenvalue weighted by molar-refractivity contribution is 6.04. The molecule has 2 aromatic heterocycles. The summed E-state index contributed by atoms with van der Waals surface area (Å²) in [5.74, 6) is 2.96. The van der Waals surface area contributed by atoms with E-state index < -0.39 is 11.7 Å². The number of aromatic nitrogens is 3. The van der Waals surface area contributed by atoms with Gasteiger partial charge in [-0.15, -0.1) is 0 Å². The fraction of sp³-hybridized carbons (Fsp3) is 0.366. The molecule has 6 rings (SSSR count). The standard InChI is InChI=1S/C41H47N5O6/c1-25-14-17-33(51-23-27-12-10-9-11-13-27)26(2)36(25)38-37-32(21-35(45-38)44-29-18-31(19-29)49-7)39(43-24-42-37)46(40(47)52-41(3,4)5)22-28-15-16-30(48-6)20-34(28)50-8/h9-17,20-21,24,29,31H,18-19,22-23H2,1-8H3,(H,44,45). The molecule has 1 aliphatic rings. The highest BCUT2D eigenvalue weighted by Gasteiger charge is 2.31. The van der Waals surface area contributed by atoms with E-state index in [-0.39, 0.29) is 18.7 Å². The molecule has 1 fully saturated rings. The Morgan fingerprint density at radius 1 is 0.923 bits per heavy atom. The number of anilines is 2. The number of carbonyl (C=O) groups excluding carboxylic acids is 1. The maximum atomic E-state index is 14.1. The molecule has 1 N–H and O–H groups in total. The van der Waals surface area contributed by atoms with Gasteiger partial charge in [-0.2, -0.15) is 0 Å². The molecule has 0 bridgehead atoms. The molecule has 11 heteroatoms. The van der Waals surface area contributed by atoms with Crippen LogP contribution in [0, 0.1) is 13.8 Å². The minimum Gasteiger partial charge on any atom is -0.497 e. The van der Waals surface area contributed by atoms with E-state index in [9.17, 15) is 4.79 Å². The first-order valence-electron chi connectivity index (χ1n) is 17.4. The number of methoxy groups -OCH3 is 3. The number of rotatable bonds is 12. The number of hydrogen-bond acceptors (Lipinski definition) is 10. The van der Waals surface area contributed by atoms with E-state index in [1.807, 2.05) is 88.4 Å². The quantitative estimate of drug-likeness (QED) is 0.136. The number of carbonyl (C=O) groups is 1. The molecule has 3 aromatic carbocycles. The third-order valence-corrected chi connectivity index (χ3v) is 9.17. The van der Waals surface area contributed by atoms with Crippen LogP contribution in [0.2, 0.25) is 0 Å². The molecule has 0 radical (unpaired) electrons. The SMILES string of the molecule is COc1ccc(CN(C(=O)OC(C)(C)C)c2ncnc3c(-c4c(C)ccc(OCc5ccccc5)c4C)nc(NC4CC(OC)C4)cc23)c(OC)c1. The smallest absolute Gasteiger partial charge is 0.416 e. The number of pyridine rings is 1. The highest BCUT2D eigenvalue weighted by atomic mass is 16.6. The van der Waals surface area contributed by atoms with Crippen molar-refractivity contribution in [2.24, 2.45) is 0 Å². The topological polar surface area (TPSA) is 117 Å². The third-order valence-electron chi connectivity index (χ3n) is 9.17. The van der Waals surface area contributed by atoms with Crippen LogP contribution in [0.15, 0.2) is 73.1 Å². The molecule has 1 aliphatic carbocycles. The molecule has 0 atom stereocenters. The van der Waals surface area contributed by atoms with Crippen LogP contribution in [0.5, 0.6) is 17.2 Å². The zero-order valence-electron chi connectivity index (χ0n) is 31.1. The van der Waals surface area contributed by atoms with Crippen LogP contribution >= 0.6 is 0 Å². The lowest BCUT2D eigenvalue weighted by Crippen LogP contribution is -2.40. The largest absolute Gasteiger partial charge is 0.497 e. The highest BCUT2D eigenvalue weighted by Crippen LogP contribution is 2.40. The van der Waals surface area contributed by atoms with E-state index in [1.165, 1.54) is 11.2 Å². The molecule has 1 saturated carbocycles. The summed E-state index contributed by atoms with van der Waals surface area (Å²) >= 11 is 0. The molecule has 272 valence electrons. The predicted octanol–water partition coefficient (Wildman–Crippen LogP) is 8.44. The lowest BCUT2D eigenvalue weighted by atomic mass is 9.89. The number of nitrogens with one attached hydrogen (secondary N) is 1. The molecule has 0 aliphatic heterocycles. The number of nitrogens with zero attached hydrogens (tertiary/aromatic N) is 4. The van der Waals surface area contributed by atoms with E-state index in [0.717, 1.165) is 46.4 Å². The first-order valence-corrected chi connectivity index (χ1v) is 17.4. The Morgan fingerprint density at radius 3 is 2.38 bits per heavy atom. The van der Waals surface area contributed by atoms with Crippen molar-refractivity contribution < 1.29 is 28.5 Å². The van der Waals surface area contributed by atoms with Crippen molar-refractivity contribution in [2.45, 2.75) is 78.4 Å². The lowest BCUT2D eigenvalue weighted by molar-refractivity contribution is 0.0328. The second-order valence-electron chi connectivity index (χ2n) is 14.0. The summed E-state index contributed by atoms with van der Waals surface area (Å²) in [5, 5.41) is 4.24. The van der Waals surface area contributed by atoms with Crippen molar-refractivity contribution in [1.82, 2.24) is 15.0 Å². The van der Waals surface area contributed by atoms with E-state index in [1.54, 1.807) is 27.4 Å². The molecule has 1 amide bonds. The second-order valence-corrected chi connectivity index (χ2v) is 14.0. The van der Waals surface area contributed by atoms with E-state index >= 15 is 0 Å². The second kappa shape index (κ2) is 15.4. The molecule has 0 unspecified atom stereocenters. The monoisotopic (exact) mass is 705 g/mol. The Hall–Kier alpha value is -5.42. The van der Waals surface area contributed by atoms with Crippen molar-refractivity contribution >= 4 is 28.6 Å². The minimum atomic E-state index is -0.766. The van der Waals surface area contributed by atoms with Crippen molar-refractivity contribution in [2.75, 3.05) is 31.5 Å². The Morgan fingerprint density at radius 2 is 1.69 bits per heavy atom. The Balaban J connectivity index is 1.51. The van der Waals surface area contributed by atoms with E-state index in [4.69, 9.17) is 38.6 Å². The first-order chi connectivity index (χ1) is 25.0. The predicted molar refractivity (Wildman–Crippen MR) is 202 cm³/mol. The maximum absolute atomic E-state index is 14.1. The molecular weight excluding hydrogens is 658 g/mol. The van der Waals surface area contributed by atoms with E-state index in [2.05, 4.69) is 12.2 Å². The van der Waals surface area contributed by atoms with Crippen molar-refractivity contribution in [1.29, 1.82) is 0 Å². The summed E-state index contributed by atoms with van der Waals surface area (Å²) < 4.78 is 29.0. The van der Waals surface area contributed by atoms with Gasteiger partial charge in [-0.25, -0.2) is 19.7 Å². The zero-order chi connectivity index (χ0) is 37.0. The van der Waals surface area contributed by atoms with Crippen LogP contribution in [0.25, 0.3) is 22.2 Å². The molecule has 11 nitrogen and oxygen atoms in total. The Kier molecular flexibility index (Phi) is 10.8. The van der Waals surface area contributed by atoms with Crippen LogP contribution in [-0.4, -0.2) is 60.1 Å². The van der Waals surface area contributed by atoms with Gasteiger partial charge in [0.2, 0.25) is 0 Å².